The summed E-state index contributed by atoms with van der Waals surface area (Å²) in [6.07, 6.45) is 0.754. The van der Waals surface area contributed by atoms with Gasteiger partial charge in [0.1, 0.15) is 5.75 Å². The number of halogens is 2. The molecule has 0 radical (unpaired) electrons. The molecule has 1 heterocycles. The van der Waals surface area contributed by atoms with E-state index in [1.54, 1.807) is 6.07 Å². The van der Waals surface area contributed by atoms with Gasteiger partial charge in [0, 0.05) is 11.6 Å². The standard InChI is InChI=1S/C13H17F2NO/c1-17-12-9(11-7-2-3-8-16-11)5-4-6-10(12)13(14)15/h4-6,11,13,16H,2-3,7-8H2,1H3. The number of methoxy groups -OCH3 is 1. The number of rotatable bonds is 3. The highest BCUT2D eigenvalue weighted by atomic mass is 19.3. The average Bonchev–Trinajstić information content (AvgIpc) is 2.38. The van der Waals surface area contributed by atoms with Crippen molar-refractivity contribution >= 4 is 0 Å². The van der Waals surface area contributed by atoms with Crippen LogP contribution in [0.1, 0.15) is 42.9 Å². The van der Waals surface area contributed by atoms with Gasteiger partial charge in [0.2, 0.25) is 0 Å². The minimum Gasteiger partial charge on any atom is -0.496 e. The molecule has 2 nitrogen and oxygen atoms in total. The topological polar surface area (TPSA) is 21.3 Å². The van der Waals surface area contributed by atoms with Crippen LogP contribution in [0.25, 0.3) is 0 Å². The zero-order chi connectivity index (χ0) is 12.3. The number of benzene rings is 1. The molecule has 0 bridgehead atoms. The Bertz CT molecular complexity index is 376. The highest BCUT2D eigenvalue weighted by Gasteiger charge is 2.23. The van der Waals surface area contributed by atoms with Crippen molar-refractivity contribution in [2.75, 3.05) is 13.7 Å². The van der Waals surface area contributed by atoms with Crippen molar-refractivity contribution in [1.82, 2.24) is 5.32 Å². The van der Waals surface area contributed by atoms with Crippen LogP contribution in [0, 0.1) is 0 Å². The second-order valence-corrected chi connectivity index (χ2v) is 4.27. The van der Waals surface area contributed by atoms with Gasteiger partial charge in [-0.3, -0.25) is 0 Å². The van der Waals surface area contributed by atoms with Crippen LogP contribution in [0.15, 0.2) is 18.2 Å². The molecule has 1 saturated heterocycles. The molecule has 0 spiro atoms. The fourth-order valence-electron chi connectivity index (χ4n) is 2.37. The molecule has 0 saturated carbocycles. The second kappa shape index (κ2) is 5.45. The number of alkyl halides is 2. The summed E-state index contributed by atoms with van der Waals surface area (Å²) >= 11 is 0. The van der Waals surface area contributed by atoms with E-state index in [1.165, 1.54) is 13.2 Å². The fourth-order valence-corrected chi connectivity index (χ4v) is 2.37. The fraction of sp³-hybridized carbons (Fsp3) is 0.538. The van der Waals surface area contributed by atoms with E-state index in [0.29, 0.717) is 5.75 Å². The highest BCUT2D eigenvalue weighted by molar-refractivity contribution is 5.44. The zero-order valence-corrected chi connectivity index (χ0v) is 9.88. The summed E-state index contributed by atoms with van der Waals surface area (Å²) in [4.78, 5) is 0. The Balaban J connectivity index is 2.35. The van der Waals surface area contributed by atoms with Gasteiger partial charge in [0.25, 0.3) is 6.43 Å². The molecule has 4 heteroatoms. The monoisotopic (exact) mass is 241 g/mol. The molecule has 1 unspecified atom stereocenters. The molecule has 0 aliphatic carbocycles. The van der Waals surface area contributed by atoms with Gasteiger partial charge >= 0.3 is 0 Å². The number of ether oxygens (including phenoxy) is 1. The first-order valence-electron chi connectivity index (χ1n) is 5.92. The molecule has 94 valence electrons. The van der Waals surface area contributed by atoms with E-state index in [2.05, 4.69) is 5.32 Å². The maximum absolute atomic E-state index is 12.9. The molecule has 1 fully saturated rings. The van der Waals surface area contributed by atoms with Gasteiger partial charge in [-0.15, -0.1) is 0 Å². The molecule has 1 aliphatic heterocycles. The van der Waals surface area contributed by atoms with Gasteiger partial charge in [0.15, 0.2) is 0 Å². The normalized spacial score (nSPS) is 20.6. The summed E-state index contributed by atoms with van der Waals surface area (Å²) in [7, 11) is 1.45. The van der Waals surface area contributed by atoms with Gasteiger partial charge in [0.05, 0.1) is 12.7 Å². The van der Waals surface area contributed by atoms with Crippen LogP contribution in [0.2, 0.25) is 0 Å². The Morgan fingerprint density at radius 1 is 1.35 bits per heavy atom. The van der Waals surface area contributed by atoms with Crippen LogP contribution in [0.4, 0.5) is 8.78 Å². The predicted molar refractivity (Wildman–Crippen MR) is 62.5 cm³/mol. The molecule has 1 aromatic rings. The van der Waals surface area contributed by atoms with Gasteiger partial charge < -0.3 is 10.1 Å². The lowest BCUT2D eigenvalue weighted by Crippen LogP contribution is -2.27. The Hall–Kier alpha value is -1.16. The first-order valence-corrected chi connectivity index (χ1v) is 5.92. The van der Waals surface area contributed by atoms with Gasteiger partial charge in [-0.25, -0.2) is 8.78 Å². The van der Waals surface area contributed by atoms with Crippen LogP contribution in [0.5, 0.6) is 5.75 Å². The molecule has 2 rings (SSSR count). The first-order chi connectivity index (χ1) is 8.24. The largest absolute Gasteiger partial charge is 0.496 e. The van der Waals surface area contributed by atoms with E-state index in [-0.39, 0.29) is 11.6 Å². The second-order valence-electron chi connectivity index (χ2n) is 4.27. The van der Waals surface area contributed by atoms with E-state index in [9.17, 15) is 8.78 Å². The van der Waals surface area contributed by atoms with Crippen molar-refractivity contribution in [1.29, 1.82) is 0 Å². The quantitative estimate of drug-likeness (QED) is 0.875. The number of hydrogen-bond acceptors (Lipinski definition) is 2. The highest BCUT2D eigenvalue weighted by Crippen LogP contribution is 2.37. The van der Waals surface area contributed by atoms with Crippen molar-refractivity contribution < 1.29 is 13.5 Å². The smallest absolute Gasteiger partial charge is 0.267 e. The van der Waals surface area contributed by atoms with Crippen LogP contribution in [-0.2, 0) is 0 Å². The van der Waals surface area contributed by atoms with Crippen LogP contribution in [0.3, 0.4) is 0 Å². The molecule has 17 heavy (non-hydrogen) atoms. The maximum atomic E-state index is 12.9. The van der Waals surface area contributed by atoms with Crippen LogP contribution in [-0.4, -0.2) is 13.7 Å². The van der Waals surface area contributed by atoms with Gasteiger partial charge in [-0.1, -0.05) is 18.6 Å². The van der Waals surface area contributed by atoms with Gasteiger partial charge in [-0.05, 0) is 25.5 Å². The maximum Gasteiger partial charge on any atom is 0.267 e. The molecule has 0 amide bonds. The molecular weight excluding hydrogens is 224 g/mol. The molecule has 1 atom stereocenters. The Morgan fingerprint density at radius 3 is 2.76 bits per heavy atom. The summed E-state index contributed by atoms with van der Waals surface area (Å²) in [5.41, 5.74) is 0.836. The first kappa shape index (κ1) is 12.3. The lowest BCUT2D eigenvalue weighted by atomic mass is 9.95. The summed E-state index contributed by atoms with van der Waals surface area (Å²) in [5, 5.41) is 3.35. The predicted octanol–water partition coefficient (Wildman–Crippen LogP) is 3.45. The molecule has 1 N–H and O–H groups in total. The minimum atomic E-state index is -2.49. The molecule has 0 aromatic heterocycles. The van der Waals surface area contributed by atoms with Crippen molar-refractivity contribution in [3.05, 3.63) is 29.3 Å². The van der Waals surface area contributed by atoms with Crippen molar-refractivity contribution in [3.8, 4) is 5.75 Å². The lowest BCUT2D eigenvalue weighted by molar-refractivity contribution is 0.146. The number of para-hydroxylation sites is 1. The van der Waals surface area contributed by atoms with E-state index in [0.717, 1.165) is 31.4 Å². The van der Waals surface area contributed by atoms with Crippen molar-refractivity contribution in [2.24, 2.45) is 0 Å². The van der Waals surface area contributed by atoms with E-state index in [4.69, 9.17) is 4.74 Å². The van der Waals surface area contributed by atoms with E-state index < -0.39 is 6.43 Å². The van der Waals surface area contributed by atoms with Crippen LogP contribution >= 0.6 is 0 Å². The molecule has 1 aromatic carbocycles. The Morgan fingerprint density at radius 2 is 2.18 bits per heavy atom. The third-order valence-electron chi connectivity index (χ3n) is 3.20. The Labute approximate surface area is 100.0 Å². The van der Waals surface area contributed by atoms with Gasteiger partial charge in [-0.2, -0.15) is 0 Å². The third-order valence-corrected chi connectivity index (χ3v) is 3.20. The average molecular weight is 241 g/mol. The molecular formula is C13H17F2NO. The van der Waals surface area contributed by atoms with E-state index in [1.807, 2.05) is 6.07 Å². The van der Waals surface area contributed by atoms with Crippen LogP contribution < -0.4 is 10.1 Å². The zero-order valence-electron chi connectivity index (χ0n) is 9.88. The summed E-state index contributed by atoms with van der Waals surface area (Å²) in [6.45, 7) is 0.937. The summed E-state index contributed by atoms with van der Waals surface area (Å²) in [5.74, 6) is 0.335. The van der Waals surface area contributed by atoms with Crippen molar-refractivity contribution in [2.45, 2.75) is 31.7 Å². The van der Waals surface area contributed by atoms with Crippen molar-refractivity contribution in [3.63, 3.8) is 0 Å². The number of nitrogens with one attached hydrogen (secondary N) is 1. The lowest BCUT2D eigenvalue weighted by Gasteiger charge is -2.26. The SMILES string of the molecule is COc1c(C(F)F)cccc1C1CCCCN1. The molecule has 1 aliphatic rings. The number of piperidine rings is 1. The minimum absolute atomic E-state index is 0.0163. The number of hydrogen-bond donors (Lipinski definition) is 1. The van der Waals surface area contributed by atoms with E-state index >= 15 is 0 Å². The third kappa shape index (κ3) is 2.57. The summed E-state index contributed by atoms with van der Waals surface area (Å²) < 4.78 is 30.9. The Kier molecular flexibility index (Phi) is 3.94. The summed E-state index contributed by atoms with van der Waals surface area (Å²) in [6, 6.07) is 5.11.